The van der Waals surface area contributed by atoms with Gasteiger partial charge in [-0.2, -0.15) is 5.26 Å². The van der Waals surface area contributed by atoms with Crippen LogP contribution in [0.3, 0.4) is 0 Å². The number of nitrogens with zero attached hydrogens (tertiary/aromatic N) is 3. The van der Waals surface area contributed by atoms with Gasteiger partial charge in [-0.25, -0.2) is 4.98 Å². The fourth-order valence-corrected chi connectivity index (χ4v) is 0.966. The molecule has 1 rings (SSSR count). The number of hydrogen-bond donors (Lipinski definition) is 0. The molecule has 0 saturated heterocycles. The molecule has 0 fully saturated rings. The Bertz CT molecular complexity index is 267. The van der Waals surface area contributed by atoms with Crippen molar-refractivity contribution in [2.24, 2.45) is 7.05 Å². The van der Waals surface area contributed by atoms with Gasteiger partial charge >= 0.3 is 0 Å². The largest absolute Gasteiger partial charge is 0.336 e. The van der Waals surface area contributed by atoms with E-state index in [0.717, 1.165) is 12.1 Å². The highest BCUT2D eigenvalue weighted by atomic mass is 15.0. The Labute approximate surface area is 59.9 Å². The van der Waals surface area contributed by atoms with Crippen LogP contribution in [-0.2, 0) is 13.5 Å². The molecule has 0 spiro atoms. The molecular formula is C7H9N3. The first-order valence-electron chi connectivity index (χ1n) is 3.20. The summed E-state index contributed by atoms with van der Waals surface area (Å²) in [7, 11) is 1.90. The molecule has 3 heteroatoms. The summed E-state index contributed by atoms with van der Waals surface area (Å²) in [6, 6.07) is 2.04. The molecule has 1 aromatic rings. The Balaban J connectivity index is 3.16. The topological polar surface area (TPSA) is 41.6 Å². The number of aromatic nitrogens is 2. The number of imidazole rings is 1. The number of nitriles is 1. The van der Waals surface area contributed by atoms with Gasteiger partial charge in [-0.1, -0.05) is 6.92 Å². The summed E-state index contributed by atoms with van der Waals surface area (Å²) in [5, 5.41) is 8.54. The predicted molar refractivity (Wildman–Crippen MR) is 37.3 cm³/mol. The highest BCUT2D eigenvalue weighted by Crippen LogP contribution is 2.04. The van der Waals surface area contributed by atoms with Crippen molar-refractivity contribution < 1.29 is 0 Å². The first kappa shape index (κ1) is 6.81. The molecule has 0 aromatic carbocycles. The standard InChI is InChI=1S/C7H9N3/c1-3-7-6(4-8)9-5-10(7)2/h5H,3H2,1-2H3. The molecule has 1 aromatic heterocycles. The average Bonchev–Trinajstić information content (AvgIpc) is 2.30. The van der Waals surface area contributed by atoms with Crippen LogP contribution in [0.5, 0.6) is 0 Å². The zero-order valence-corrected chi connectivity index (χ0v) is 6.13. The van der Waals surface area contributed by atoms with Crippen LogP contribution >= 0.6 is 0 Å². The average molecular weight is 135 g/mol. The predicted octanol–water partition coefficient (Wildman–Crippen LogP) is 0.854. The van der Waals surface area contributed by atoms with Crippen molar-refractivity contribution in [3.05, 3.63) is 17.7 Å². The van der Waals surface area contributed by atoms with Gasteiger partial charge in [-0.3, -0.25) is 0 Å². The Morgan fingerprint density at radius 1 is 1.80 bits per heavy atom. The van der Waals surface area contributed by atoms with Crippen LogP contribution in [0.1, 0.15) is 18.3 Å². The van der Waals surface area contributed by atoms with Gasteiger partial charge in [-0.15, -0.1) is 0 Å². The molecule has 0 aliphatic carbocycles. The maximum atomic E-state index is 8.54. The van der Waals surface area contributed by atoms with Crippen molar-refractivity contribution in [1.82, 2.24) is 9.55 Å². The van der Waals surface area contributed by atoms with Gasteiger partial charge in [0.1, 0.15) is 6.07 Å². The monoisotopic (exact) mass is 135 g/mol. The van der Waals surface area contributed by atoms with Gasteiger partial charge in [0.05, 0.1) is 12.0 Å². The zero-order valence-electron chi connectivity index (χ0n) is 6.13. The summed E-state index contributed by atoms with van der Waals surface area (Å²) in [6.07, 6.45) is 2.52. The van der Waals surface area contributed by atoms with Crippen LogP contribution in [0, 0.1) is 11.3 Å². The molecule has 0 aliphatic heterocycles. The molecule has 1 heterocycles. The quantitative estimate of drug-likeness (QED) is 0.573. The summed E-state index contributed by atoms with van der Waals surface area (Å²) in [6.45, 7) is 2.01. The van der Waals surface area contributed by atoms with Gasteiger partial charge in [0.15, 0.2) is 5.69 Å². The van der Waals surface area contributed by atoms with E-state index >= 15 is 0 Å². The molecule has 0 saturated carbocycles. The molecule has 0 amide bonds. The van der Waals surface area contributed by atoms with Crippen LogP contribution < -0.4 is 0 Å². The van der Waals surface area contributed by atoms with Crippen LogP contribution in [-0.4, -0.2) is 9.55 Å². The summed E-state index contributed by atoms with van der Waals surface area (Å²) in [5.74, 6) is 0. The molecule has 0 bridgehead atoms. The molecule has 10 heavy (non-hydrogen) atoms. The number of rotatable bonds is 1. The smallest absolute Gasteiger partial charge is 0.161 e. The van der Waals surface area contributed by atoms with E-state index in [1.165, 1.54) is 0 Å². The SMILES string of the molecule is CCc1c(C#N)ncn1C. The van der Waals surface area contributed by atoms with E-state index in [2.05, 4.69) is 4.98 Å². The lowest BCUT2D eigenvalue weighted by Gasteiger charge is -1.95. The third kappa shape index (κ3) is 0.883. The molecule has 0 N–H and O–H groups in total. The summed E-state index contributed by atoms with van der Waals surface area (Å²) in [5.41, 5.74) is 1.55. The molecule has 0 radical (unpaired) electrons. The van der Waals surface area contributed by atoms with E-state index in [-0.39, 0.29) is 0 Å². The molecule has 3 nitrogen and oxygen atoms in total. The Morgan fingerprint density at radius 2 is 2.50 bits per heavy atom. The van der Waals surface area contributed by atoms with Crippen molar-refractivity contribution in [3.8, 4) is 6.07 Å². The Kier molecular flexibility index (Phi) is 1.72. The maximum absolute atomic E-state index is 8.54. The van der Waals surface area contributed by atoms with Crippen molar-refractivity contribution in [2.45, 2.75) is 13.3 Å². The minimum atomic E-state index is 0.546. The second-order valence-corrected chi connectivity index (χ2v) is 2.12. The van der Waals surface area contributed by atoms with E-state index in [9.17, 15) is 0 Å². The molecule has 52 valence electrons. The van der Waals surface area contributed by atoms with Gasteiger partial charge in [-0.05, 0) is 6.42 Å². The first-order valence-corrected chi connectivity index (χ1v) is 3.20. The van der Waals surface area contributed by atoms with Gasteiger partial charge in [0, 0.05) is 7.05 Å². The fraction of sp³-hybridized carbons (Fsp3) is 0.429. The van der Waals surface area contributed by atoms with Crippen molar-refractivity contribution >= 4 is 0 Å². The minimum absolute atomic E-state index is 0.546. The van der Waals surface area contributed by atoms with Gasteiger partial charge < -0.3 is 4.57 Å². The van der Waals surface area contributed by atoms with Crippen LogP contribution in [0.25, 0.3) is 0 Å². The lowest BCUT2D eigenvalue weighted by molar-refractivity contribution is 0.831. The Hall–Kier alpha value is -1.30. The van der Waals surface area contributed by atoms with E-state index < -0.39 is 0 Å². The van der Waals surface area contributed by atoms with Crippen LogP contribution in [0.2, 0.25) is 0 Å². The molecule has 0 unspecified atom stereocenters. The Morgan fingerprint density at radius 3 is 2.90 bits per heavy atom. The second-order valence-electron chi connectivity index (χ2n) is 2.12. The third-order valence-electron chi connectivity index (χ3n) is 1.50. The van der Waals surface area contributed by atoms with Gasteiger partial charge in [0.2, 0.25) is 0 Å². The maximum Gasteiger partial charge on any atom is 0.161 e. The van der Waals surface area contributed by atoms with Crippen LogP contribution in [0.4, 0.5) is 0 Å². The normalized spacial score (nSPS) is 9.30. The van der Waals surface area contributed by atoms with Crippen molar-refractivity contribution in [3.63, 3.8) is 0 Å². The lowest BCUT2D eigenvalue weighted by atomic mass is 10.3. The molecule has 0 atom stereocenters. The first-order chi connectivity index (χ1) is 4.79. The van der Waals surface area contributed by atoms with Crippen molar-refractivity contribution in [1.29, 1.82) is 5.26 Å². The van der Waals surface area contributed by atoms with E-state index in [0.29, 0.717) is 5.69 Å². The fourth-order valence-electron chi connectivity index (χ4n) is 0.966. The van der Waals surface area contributed by atoms with Crippen LogP contribution in [0.15, 0.2) is 6.33 Å². The van der Waals surface area contributed by atoms with Gasteiger partial charge in [0.25, 0.3) is 0 Å². The van der Waals surface area contributed by atoms with Crippen molar-refractivity contribution in [2.75, 3.05) is 0 Å². The third-order valence-corrected chi connectivity index (χ3v) is 1.50. The molecule has 0 aliphatic rings. The summed E-state index contributed by atoms with van der Waals surface area (Å²) < 4.78 is 1.87. The van der Waals surface area contributed by atoms with E-state index in [1.807, 2.05) is 24.6 Å². The van der Waals surface area contributed by atoms with E-state index in [4.69, 9.17) is 5.26 Å². The number of aryl methyl sites for hydroxylation is 1. The summed E-state index contributed by atoms with van der Waals surface area (Å²) in [4.78, 5) is 3.91. The minimum Gasteiger partial charge on any atom is -0.336 e. The molecular weight excluding hydrogens is 126 g/mol. The lowest BCUT2D eigenvalue weighted by Crippen LogP contribution is -1.94. The van der Waals surface area contributed by atoms with E-state index in [1.54, 1.807) is 6.33 Å². The zero-order chi connectivity index (χ0) is 7.56. The second kappa shape index (κ2) is 2.53. The number of hydrogen-bond acceptors (Lipinski definition) is 2. The summed E-state index contributed by atoms with van der Waals surface area (Å²) >= 11 is 0. The highest BCUT2D eigenvalue weighted by molar-refractivity contribution is 5.26. The highest BCUT2D eigenvalue weighted by Gasteiger charge is 2.03.